The number of alkyl halides is 3. The molecule has 0 saturated heterocycles. The zero-order valence-corrected chi connectivity index (χ0v) is 12.7. The molecule has 2 atom stereocenters. The first-order valence-electron chi connectivity index (χ1n) is 6.04. The highest BCUT2D eigenvalue weighted by Gasteiger charge is 2.33. The van der Waals surface area contributed by atoms with Crippen LogP contribution in [0.1, 0.15) is 11.5 Å². The number of esters is 1. The molecule has 1 heterocycles. The van der Waals surface area contributed by atoms with Gasteiger partial charge in [0.05, 0.1) is 6.61 Å². The number of ether oxygens (including phenoxy) is 2. The van der Waals surface area contributed by atoms with Crippen molar-refractivity contribution in [3.63, 3.8) is 0 Å². The van der Waals surface area contributed by atoms with Gasteiger partial charge in [0, 0.05) is 5.92 Å². The molecule has 1 aromatic rings. The maximum absolute atomic E-state index is 12.1. The van der Waals surface area contributed by atoms with Crippen LogP contribution in [-0.2, 0) is 14.3 Å². The molecule has 2 rings (SSSR count). The zero-order valence-electron chi connectivity index (χ0n) is 10.5. The number of hydrogen-bond acceptors (Lipinski definition) is 3. The fraction of sp³-hybridized carbons (Fsp3) is 0.357. The van der Waals surface area contributed by atoms with Crippen molar-refractivity contribution in [1.29, 1.82) is 0 Å². The minimum atomic E-state index is -1.62. The summed E-state index contributed by atoms with van der Waals surface area (Å²) in [7, 11) is 0. The summed E-state index contributed by atoms with van der Waals surface area (Å²) < 4.78 is 8.86. The van der Waals surface area contributed by atoms with E-state index in [2.05, 4.69) is 0 Å². The van der Waals surface area contributed by atoms with Gasteiger partial charge in [-0.05, 0) is 5.56 Å². The Morgan fingerprint density at radius 1 is 1.30 bits per heavy atom. The smallest absolute Gasteiger partial charge is 0.336 e. The van der Waals surface area contributed by atoms with E-state index in [1.807, 2.05) is 42.5 Å². The first kappa shape index (κ1) is 15.6. The van der Waals surface area contributed by atoms with Crippen molar-refractivity contribution in [3.05, 3.63) is 48.0 Å². The van der Waals surface area contributed by atoms with Crippen LogP contribution in [0, 0.1) is 0 Å². The second-order valence-electron chi connectivity index (χ2n) is 4.34. The van der Waals surface area contributed by atoms with Crippen LogP contribution < -0.4 is 0 Å². The lowest BCUT2D eigenvalue weighted by molar-refractivity contribution is -0.157. The largest absolute Gasteiger partial charge is 0.459 e. The molecule has 108 valence electrons. The third-order valence-electron chi connectivity index (χ3n) is 2.84. The number of benzene rings is 1. The van der Waals surface area contributed by atoms with Gasteiger partial charge >= 0.3 is 5.97 Å². The molecule has 1 aliphatic heterocycles. The Kier molecular flexibility index (Phi) is 5.33. The monoisotopic (exact) mass is 334 g/mol. The maximum Gasteiger partial charge on any atom is 0.336 e. The normalized spacial score (nSPS) is 22.6. The van der Waals surface area contributed by atoms with Crippen molar-refractivity contribution in [2.24, 2.45) is 0 Å². The molecule has 1 aromatic carbocycles. The van der Waals surface area contributed by atoms with E-state index in [0.717, 1.165) is 5.56 Å². The van der Waals surface area contributed by atoms with E-state index in [1.54, 1.807) is 0 Å². The lowest BCUT2D eigenvalue weighted by Crippen LogP contribution is -2.35. The number of carbonyl (C=O) groups is 1. The first-order chi connectivity index (χ1) is 9.47. The molecule has 3 nitrogen and oxygen atoms in total. The molecule has 0 radical (unpaired) electrons. The molecule has 6 heteroatoms. The molecule has 0 bridgehead atoms. The summed E-state index contributed by atoms with van der Waals surface area (Å²) in [5.41, 5.74) is 0.972. The van der Waals surface area contributed by atoms with Gasteiger partial charge in [0.1, 0.15) is 6.61 Å². The molecule has 0 fully saturated rings. The van der Waals surface area contributed by atoms with E-state index in [9.17, 15) is 4.79 Å². The van der Waals surface area contributed by atoms with Crippen molar-refractivity contribution in [2.45, 2.75) is 15.8 Å². The van der Waals surface area contributed by atoms with Gasteiger partial charge in [-0.2, -0.15) is 0 Å². The summed E-state index contributed by atoms with van der Waals surface area (Å²) in [5, 5.41) is 0. The third-order valence-corrected chi connectivity index (χ3v) is 3.16. The lowest BCUT2D eigenvalue weighted by atomic mass is 9.91. The molecule has 0 N–H and O–H groups in total. The van der Waals surface area contributed by atoms with Crippen molar-refractivity contribution in [2.75, 3.05) is 13.2 Å². The van der Waals surface area contributed by atoms with Crippen LogP contribution in [0.5, 0.6) is 0 Å². The van der Waals surface area contributed by atoms with E-state index in [4.69, 9.17) is 44.3 Å². The molecule has 0 saturated carbocycles. The van der Waals surface area contributed by atoms with Crippen LogP contribution >= 0.6 is 34.8 Å². The van der Waals surface area contributed by atoms with Crippen molar-refractivity contribution in [3.8, 4) is 0 Å². The average molecular weight is 336 g/mol. The third kappa shape index (κ3) is 4.38. The fourth-order valence-electron chi connectivity index (χ4n) is 1.98. The van der Waals surface area contributed by atoms with E-state index < -0.39 is 15.9 Å². The fourth-order valence-corrected chi connectivity index (χ4v) is 2.14. The summed E-state index contributed by atoms with van der Waals surface area (Å²) >= 11 is 16.7. The molecule has 0 aromatic heterocycles. The van der Waals surface area contributed by atoms with E-state index in [1.165, 1.54) is 0 Å². The predicted octanol–water partition coefficient (Wildman–Crippen LogP) is 3.64. The van der Waals surface area contributed by atoms with Gasteiger partial charge < -0.3 is 9.47 Å². The van der Waals surface area contributed by atoms with Crippen molar-refractivity contribution < 1.29 is 14.3 Å². The predicted molar refractivity (Wildman–Crippen MR) is 79.3 cm³/mol. The van der Waals surface area contributed by atoms with Gasteiger partial charge in [-0.1, -0.05) is 77.3 Å². The van der Waals surface area contributed by atoms with Gasteiger partial charge in [0.2, 0.25) is 3.79 Å². The number of halogens is 3. The van der Waals surface area contributed by atoms with Crippen LogP contribution in [0.3, 0.4) is 0 Å². The standard InChI is InChI=1S/C14H13Cl3O3/c15-14(16,17)9-20-13(18)12-11(7-4-8-19-12)10-5-2-1-3-6-10/h1-7,11-12H,8-9H2/t11-,12-/m0/s1. The van der Waals surface area contributed by atoms with Crippen LogP contribution in [0.25, 0.3) is 0 Å². The Balaban J connectivity index is 2.09. The zero-order chi connectivity index (χ0) is 14.6. The molecule has 1 aliphatic rings. The maximum atomic E-state index is 12.1. The van der Waals surface area contributed by atoms with Crippen molar-refractivity contribution >= 4 is 40.8 Å². The molecule has 0 spiro atoms. The second kappa shape index (κ2) is 6.81. The molecule has 0 unspecified atom stereocenters. The second-order valence-corrected chi connectivity index (χ2v) is 6.86. The van der Waals surface area contributed by atoms with Gasteiger partial charge in [0.15, 0.2) is 6.10 Å². The number of carbonyl (C=O) groups excluding carboxylic acids is 1. The SMILES string of the molecule is O=C(OCC(Cl)(Cl)Cl)[C@H]1OCC=C[C@H]1c1ccccc1. The van der Waals surface area contributed by atoms with Crippen molar-refractivity contribution in [1.82, 2.24) is 0 Å². The molecular weight excluding hydrogens is 323 g/mol. The molecular formula is C14H13Cl3O3. The summed E-state index contributed by atoms with van der Waals surface area (Å²) in [6, 6.07) is 9.58. The highest BCUT2D eigenvalue weighted by molar-refractivity contribution is 6.67. The minimum Gasteiger partial charge on any atom is -0.459 e. The number of hydrogen-bond donors (Lipinski definition) is 0. The number of rotatable bonds is 3. The van der Waals surface area contributed by atoms with E-state index >= 15 is 0 Å². The summed E-state index contributed by atoms with van der Waals surface area (Å²) in [4.78, 5) is 12.1. The Morgan fingerprint density at radius 3 is 2.65 bits per heavy atom. The summed E-state index contributed by atoms with van der Waals surface area (Å²) in [5.74, 6) is -0.734. The van der Waals surface area contributed by atoms with Gasteiger partial charge in [0.25, 0.3) is 0 Å². The minimum absolute atomic E-state index is 0.201. The highest BCUT2D eigenvalue weighted by Crippen LogP contribution is 2.29. The molecule has 0 amide bonds. The van der Waals surface area contributed by atoms with Gasteiger partial charge in [-0.15, -0.1) is 0 Å². The van der Waals surface area contributed by atoms with Crippen LogP contribution in [0.15, 0.2) is 42.5 Å². The van der Waals surface area contributed by atoms with Crippen LogP contribution in [-0.4, -0.2) is 29.1 Å². The quantitative estimate of drug-likeness (QED) is 0.480. The Morgan fingerprint density at radius 2 is 2.00 bits per heavy atom. The Hall–Kier alpha value is -0.740. The highest BCUT2D eigenvalue weighted by atomic mass is 35.6. The summed E-state index contributed by atoms with van der Waals surface area (Å²) in [6.45, 7) is 0.0540. The van der Waals surface area contributed by atoms with Gasteiger partial charge in [-0.3, -0.25) is 0 Å². The Labute approximate surface area is 132 Å². The van der Waals surface area contributed by atoms with Crippen LogP contribution in [0.4, 0.5) is 0 Å². The van der Waals surface area contributed by atoms with E-state index in [-0.39, 0.29) is 12.5 Å². The molecule has 0 aliphatic carbocycles. The molecule has 20 heavy (non-hydrogen) atoms. The topological polar surface area (TPSA) is 35.5 Å². The van der Waals surface area contributed by atoms with Gasteiger partial charge in [-0.25, -0.2) is 4.79 Å². The summed E-state index contributed by atoms with van der Waals surface area (Å²) in [6.07, 6.45) is 3.07. The van der Waals surface area contributed by atoms with E-state index in [0.29, 0.717) is 6.61 Å². The Bertz CT molecular complexity index is 482. The van der Waals surface area contributed by atoms with Crippen LogP contribution in [0.2, 0.25) is 0 Å². The average Bonchev–Trinajstić information content (AvgIpc) is 2.45. The first-order valence-corrected chi connectivity index (χ1v) is 7.17. The lowest BCUT2D eigenvalue weighted by Gasteiger charge is -2.27.